The van der Waals surface area contributed by atoms with Crippen molar-refractivity contribution >= 4 is 14.7 Å². The molecule has 0 unspecified atom stereocenters. The summed E-state index contributed by atoms with van der Waals surface area (Å²) >= 11 is 0. The van der Waals surface area contributed by atoms with Gasteiger partial charge in [0.1, 0.15) is 0 Å². The zero-order valence-electron chi connectivity index (χ0n) is 7.96. The van der Waals surface area contributed by atoms with Crippen LogP contribution in [-0.4, -0.2) is 32.3 Å². The average Bonchev–Trinajstić information content (AvgIpc) is 1.83. The highest BCUT2D eigenvalue weighted by molar-refractivity contribution is 6.56. The van der Waals surface area contributed by atoms with E-state index < -0.39 is 8.80 Å². The Morgan fingerprint density at radius 1 is 1.58 bits per heavy atom. The molecule has 0 fully saturated rings. The van der Waals surface area contributed by atoms with E-state index in [4.69, 9.17) is 0 Å². The van der Waals surface area contributed by atoms with Crippen LogP contribution in [0, 0.1) is 0 Å². The van der Waals surface area contributed by atoms with Gasteiger partial charge in [-0.05, 0) is 0 Å². The van der Waals surface area contributed by atoms with Gasteiger partial charge in [-0.15, -0.1) is 12.3 Å². The molecule has 4 heteroatoms. The van der Waals surface area contributed by atoms with Crippen LogP contribution < -0.4 is 5.11 Å². The molecule has 0 rings (SSSR count). The van der Waals surface area contributed by atoms with Crippen LogP contribution in [-0.2, 0) is 4.79 Å². The van der Waals surface area contributed by atoms with Gasteiger partial charge in [0.2, 0.25) is 5.91 Å². The topological polar surface area (TPSA) is 43.4 Å². The molecule has 0 N–H and O–H groups in total. The maximum atomic E-state index is 11.0. The molecular formula is C8H16NO2Si-. The van der Waals surface area contributed by atoms with E-state index in [0.717, 1.165) is 6.17 Å². The third-order valence-electron chi connectivity index (χ3n) is 1.40. The Labute approximate surface area is 75.3 Å². The molecular weight excluding hydrogens is 170 g/mol. The zero-order valence-corrected chi connectivity index (χ0v) is 9.12. The van der Waals surface area contributed by atoms with E-state index >= 15 is 0 Å². The second-order valence-corrected chi connectivity index (χ2v) is 6.48. The van der Waals surface area contributed by atoms with Crippen LogP contribution in [0.4, 0.5) is 0 Å². The number of carbonyl (C=O) groups is 1. The Morgan fingerprint density at radius 3 is 2.33 bits per heavy atom. The van der Waals surface area contributed by atoms with Gasteiger partial charge in [0.25, 0.3) is 0 Å². The van der Waals surface area contributed by atoms with Gasteiger partial charge in [-0.1, -0.05) is 13.1 Å². The fourth-order valence-corrected chi connectivity index (χ4v) is 2.23. The van der Waals surface area contributed by atoms with Gasteiger partial charge < -0.3 is 10.0 Å². The fraction of sp³-hybridized carbons (Fsp3) is 0.625. The lowest BCUT2D eigenvalue weighted by Gasteiger charge is -2.25. The summed E-state index contributed by atoms with van der Waals surface area (Å²) in [5.41, 5.74) is 0. The summed E-state index contributed by atoms with van der Waals surface area (Å²) in [7, 11) is -0.818. The highest BCUT2D eigenvalue weighted by atomic mass is 28.3. The lowest BCUT2D eigenvalue weighted by molar-refractivity contribution is -0.306. The smallest absolute Gasteiger partial charge is 0.219 e. The number of hydrogen-bond acceptors (Lipinski definition) is 2. The lowest BCUT2D eigenvalue weighted by atomic mass is 10.5. The van der Waals surface area contributed by atoms with Crippen molar-refractivity contribution in [2.24, 2.45) is 0 Å². The summed E-state index contributed by atoms with van der Waals surface area (Å²) < 4.78 is 0. The number of hydrogen-bond donors (Lipinski definition) is 0. The van der Waals surface area contributed by atoms with Gasteiger partial charge in [-0.2, -0.15) is 0 Å². The normalized spacial score (nSPS) is 10.0. The average molecular weight is 186 g/mol. The molecule has 0 saturated heterocycles. The Hall–Kier alpha value is -0.773. The van der Waals surface area contributed by atoms with Crippen molar-refractivity contribution in [2.75, 3.05) is 12.7 Å². The first-order valence-corrected chi connectivity index (χ1v) is 7.16. The molecule has 0 heterocycles. The summed E-state index contributed by atoms with van der Waals surface area (Å²) in [6, 6.07) is 0. The van der Waals surface area contributed by atoms with Crippen molar-refractivity contribution < 1.29 is 9.90 Å². The van der Waals surface area contributed by atoms with E-state index in [1.165, 1.54) is 6.92 Å². The summed E-state index contributed by atoms with van der Waals surface area (Å²) in [6.07, 6.45) is 0.761. The largest absolute Gasteiger partial charge is 0.875 e. The van der Waals surface area contributed by atoms with Crippen molar-refractivity contribution in [1.29, 1.82) is 0 Å². The standard InChI is InChI=1S/C8H17NO2Si/c1-7(10)5-9(8(2)11)6-12(3)4/h10,12H,1,5-6H2,2-4H3/p-1. The fourth-order valence-electron chi connectivity index (χ4n) is 0.958. The van der Waals surface area contributed by atoms with Crippen LogP contribution in [0.2, 0.25) is 13.1 Å². The van der Waals surface area contributed by atoms with E-state index in [1.54, 1.807) is 4.90 Å². The molecule has 0 radical (unpaired) electrons. The molecule has 0 bridgehead atoms. The van der Waals surface area contributed by atoms with E-state index in [0.29, 0.717) is 0 Å². The quantitative estimate of drug-likeness (QED) is 0.448. The molecule has 1 amide bonds. The van der Waals surface area contributed by atoms with Gasteiger partial charge >= 0.3 is 0 Å². The second-order valence-electron chi connectivity index (χ2n) is 3.33. The molecule has 0 aromatic carbocycles. The highest BCUT2D eigenvalue weighted by Crippen LogP contribution is 1.95. The van der Waals surface area contributed by atoms with Crippen molar-refractivity contribution in [1.82, 2.24) is 4.90 Å². The Kier molecular flexibility index (Phi) is 4.66. The minimum Gasteiger partial charge on any atom is -0.875 e. The molecule has 0 aliphatic carbocycles. The number of carbonyl (C=O) groups excluding carboxylic acids is 1. The highest BCUT2D eigenvalue weighted by Gasteiger charge is 2.09. The minimum atomic E-state index is -0.818. The second kappa shape index (κ2) is 4.98. The molecule has 0 saturated carbocycles. The molecule has 0 aromatic rings. The van der Waals surface area contributed by atoms with Crippen molar-refractivity contribution in [3.05, 3.63) is 12.3 Å². The number of rotatable bonds is 4. The van der Waals surface area contributed by atoms with Gasteiger partial charge in [-0.25, -0.2) is 0 Å². The molecule has 3 nitrogen and oxygen atoms in total. The summed E-state index contributed by atoms with van der Waals surface area (Å²) in [5, 5.41) is 10.7. The van der Waals surface area contributed by atoms with Gasteiger partial charge in [0.15, 0.2) is 0 Å². The Morgan fingerprint density at radius 2 is 2.08 bits per heavy atom. The molecule has 0 aromatic heterocycles. The SMILES string of the molecule is C=C([O-])CN(C[SiH](C)C)C(C)=O. The number of amides is 1. The van der Waals surface area contributed by atoms with Crippen LogP contribution in [0.25, 0.3) is 0 Å². The van der Waals surface area contributed by atoms with Crippen molar-refractivity contribution in [3.63, 3.8) is 0 Å². The third-order valence-corrected chi connectivity index (χ3v) is 2.57. The van der Waals surface area contributed by atoms with Gasteiger partial charge in [0, 0.05) is 19.6 Å². The zero-order chi connectivity index (χ0) is 9.72. The van der Waals surface area contributed by atoms with Crippen LogP contribution in [0.15, 0.2) is 12.3 Å². The van der Waals surface area contributed by atoms with Crippen LogP contribution >= 0.6 is 0 Å². The number of nitrogens with zero attached hydrogens (tertiary/aromatic N) is 1. The summed E-state index contributed by atoms with van der Waals surface area (Å²) in [6.45, 7) is 9.19. The van der Waals surface area contributed by atoms with Crippen molar-refractivity contribution in [3.8, 4) is 0 Å². The minimum absolute atomic E-state index is 0.0341. The van der Waals surface area contributed by atoms with E-state index in [2.05, 4.69) is 19.7 Å². The predicted molar refractivity (Wildman–Crippen MR) is 50.3 cm³/mol. The molecule has 70 valence electrons. The summed E-state index contributed by atoms with van der Waals surface area (Å²) in [4.78, 5) is 12.6. The lowest BCUT2D eigenvalue weighted by Crippen LogP contribution is -2.38. The first-order valence-electron chi connectivity index (χ1n) is 4.03. The molecule has 0 aliphatic rings. The molecule has 0 atom stereocenters. The van der Waals surface area contributed by atoms with Crippen LogP contribution in [0.5, 0.6) is 0 Å². The monoisotopic (exact) mass is 186 g/mol. The van der Waals surface area contributed by atoms with E-state index in [-0.39, 0.29) is 18.2 Å². The van der Waals surface area contributed by atoms with Crippen LogP contribution in [0.1, 0.15) is 6.92 Å². The Balaban J connectivity index is 4.04. The summed E-state index contributed by atoms with van der Waals surface area (Å²) in [5.74, 6) is -0.229. The molecule has 0 spiro atoms. The Bertz CT molecular complexity index is 180. The van der Waals surface area contributed by atoms with E-state index in [1.807, 2.05) is 0 Å². The predicted octanol–water partition coefficient (Wildman–Crippen LogP) is -0.265. The first-order chi connectivity index (χ1) is 5.43. The molecule has 0 aliphatic heterocycles. The van der Waals surface area contributed by atoms with Gasteiger partial charge in [-0.3, -0.25) is 4.79 Å². The molecule has 12 heavy (non-hydrogen) atoms. The third kappa shape index (κ3) is 4.95. The van der Waals surface area contributed by atoms with Crippen molar-refractivity contribution in [2.45, 2.75) is 20.0 Å². The maximum absolute atomic E-state index is 11.0. The van der Waals surface area contributed by atoms with E-state index in [9.17, 15) is 9.90 Å². The van der Waals surface area contributed by atoms with Gasteiger partial charge in [0.05, 0.1) is 8.80 Å². The van der Waals surface area contributed by atoms with Crippen LogP contribution in [0.3, 0.4) is 0 Å². The maximum Gasteiger partial charge on any atom is 0.219 e. The first kappa shape index (κ1) is 11.2.